The van der Waals surface area contributed by atoms with Crippen molar-refractivity contribution in [3.05, 3.63) is 24.0 Å². The zero-order valence-electron chi connectivity index (χ0n) is 10.1. The predicted octanol–water partition coefficient (Wildman–Crippen LogP) is 2.55. The molecule has 4 nitrogen and oxygen atoms in total. The maximum Gasteiger partial charge on any atom is 0.339 e. The molecule has 0 saturated carbocycles. The molecule has 1 aromatic heterocycles. The van der Waals surface area contributed by atoms with E-state index in [4.69, 9.17) is 0 Å². The first-order valence-corrected chi connectivity index (χ1v) is 6.18. The third-order valence-electron chi connectivity index (χ3n) is 3.44. The zero-order chi connectivity index (χ0) is 12.3. The van der Waals surface area contributed by atoms with Crippen molar-refractivity contribution in [1.82, 2.24) is 4.98 Å². The number of hydrogen-bond acceptors (Lipinski definition) is 3. The monoisotopic (exact) mass is 234 g/mol. The molecule has 0 aliphatic carbocycles. The summed E-state index contributed by atoms with van der Waals surface area (Å²) in [6.45, 7) is 3.10. The molecule has 1 atom stereocenters. The normalized spacial score (nSPS) is 20.3. The Morgan fingerprint density at radius 2 is 2.41 bits per heavy atom. The first-order chi connectivity index (χ1) is 8.24. The van der Waals surface area contributed by atoms with Gasteiger partial charge in [0.05, 0.1) is 5.69 Å². The molecule has 0 aromatic carbocycles. The molecule has 2 rings (SSSR count). The van der Waals surface area contributed by atoms with Gasteiger partial charge in [-0.05, 0) is 31.7 Å². The second kappa shape index (κ2) is 5.17. The average molecular weight is 234 g/mol. The van der Waals surface area contributed by atoms with Crippen molar-refractivity contribution >= 4 is 11.7 Å². The number of aromatic carboxylic acids is 1. The van der Waals surface area contributed by atoms with Crippen molar-refractivity contribution in [1.29, 1.82) is 0 Å². The Labute approximate surface area is 101 Å². The van der Waals surface area contributed by atoms with Crippen molar-refractivity contribution in [3.63, 3.8) is 0 Å². The highest BCUT2D eigenvalue weighted by Crippen LogP contribution is 2.28. The van der Waals surface area contributed by atoms with Gasteiger partial charge in [-0.15, -0.1) is 0 Å². The Balaban J connectivity index is 2.34. The summed E-state index contributed by atoms with van der Waals surface area (Å²) in [4.78, 5) is 17.3. The molecule has 0 amide bonds. The number of anilines is 1. The molecule has 1 aliphatic rings. The highest BCUT2D eigenvalue weighted by Gasteiger charge is 2.24. The number of carboxylic acid groups (broad SMARTS) is 1. The fourth-order valence-electron chi connectivity index (χ4n) is 2.54. The number of hydrogen-bond donors (Lipinski definition) is 1. The van der Waals surface area contributed by atoms with Crippen LogP contribution in [0.1, 0.15) is 43.0 Å². The van der Waals surface area contributed by atoms with Gasteiger partial charge in [-0.1, -0.05) is 6.92 Å². The molecule has 1 fully saturated rings. The Morgan fingerprint density at radius 1 is 1.59 bits per heavy atom. The molecule has 4 heteroatoms. The van der Waals surface area contributed by atoms with Crippen LogP contribution < -0.4 is 4.90 Å². The number of carboxylic acids is 1. The maximum absolute atomic E-state index is 11.2. The third kappa shape index (κ3) is 2.40. The molecule has 1 N–H and O–H groups in total. The van der Waals surface area contributed by atoms with Gasteiger partial charge in [0.25, 0.3) is 0 Å². The van der Waals surface area contributed by atoms with E-state index in [1.807, 2.05) is 6.07 Å². The van der Waals surface area contributed by atoms with Crippen LogP contribution in [0.25, 0.3) is 0 Å². The summed E-state index contributed by atoms with van der Waals surface area (Å²) in [5, 5.41) is 9.19. The summed E-state index contributed by atoms with van der Waals surface area (Å²) in [6.07, 6.45) is 7.70. The summed E-state index contributed by atoms with van der Waals surface area (Å²) in [7, 11) is 0. The van der Waals surface area contributed by atoms with Crippen molar-refractivity contribution in [2.75, 3.05) is 11.4 Å². The molecule has 0 spiro atoms. The molecule has 0 bridgehead atoms. The van der Waals surface area contributed by atoms with Crippen LogP contribution >= 0.6 is 0 Å². The Kier molecular flexibility index (Phi) is 3.61. The third-order valence-corrected chi connectivity index (χ3v) is 3.44. The van der Waals surface area contributed by atoms with Crippen molar-refractivity contribution < 1.29 is 9.90 Å². The van der Waals surface area contributed by atoms with Crippen molar-refractivity contribution in [3.8, 4) is 0 Å². The van der Waals surface area contributed by atoms with E-state index in [2.05, 4.69) is 16.8 Å². The van der Waals surface area contributed by atoms with E-state index in [0.29, 0.717) is 11.6 Å². The fourth-order valence-corrected chi connectivity index (χ4v) is 2.54. The first kappa shape index (κ1) is 11.9. The predicted molar refractivity (Wildman–Crippen MR) is 66.5 cm³/mol. The Bertz CT molecular complexity index is 406. The van der Waals surface area contributed by atoms with Crippen LogP contribution in [0, 0.1) is 0 Å². The van der Waals surface area contributed by atoms with Crippen LogP contribution in [-0.4, -0.2) is 28.6 Å². The smallest absolute Gasteiger partial charge is 0.339 e. The van der Waals surface area contributed by atoms with Gasteiger partial charge in [-0.2, -0.15) is 0 Å². The van der Waals surface area contributed by atoms with Gasteiger partial charge in [0.15, 0.2) is 0 Å². The van der Waals surface area contributed by atoms with Gasteiger partial charge >= 0.3 is 5.97 Å². The minimum atomic E-state index is -0.895. The summed E-state index contributed by atoms with van der Waals surface area (Å²) < 4.78 is 0. The van der Waals surface area contributed by atoms with E-state index in [1.54, 1.807) is 6.20 Å². The summed E-state index contributed by atoms with van der Waals surface area (Å²) in [5.41, 5.74) is 1.13. The lowest BCUT2D eigenvalue weighted by Crippen LogP contribution is -2.40. The second-order valence-corrected chi connectivity index (χ2v) is 4.45. The molecule has 1 aliphatic heterocycles. The van der Waals surface area contributed by atoms with Gasteiger partial charge in [0.2, 0.25) is 0 Å². The van der Waals surface area contributed by atoms with E-state index in [0.717, 1.165) is 31.5 Å². The van der Waals surface area contributed by atoms with Crippen LogP contribution in [0.2, 0.25) is 0 Å². The summed E-state index contributed by atoms with van der Waals surface area (Å²) in [5.74, 6) is -0.895. The van der Waals surface area contributed by atoms with E-state index >= 15 is 0 Å². The topological polar surface area (TPSA) is 53.4 Å². The molecule has 0 unspecified atom stereocenters. The van der Waals surface area contributed by atoms with Gasteiger partial charge in [0, 0.05) is 25.0 Å². The lowest BCUT2D eigenvalue weighted by atomic mass is 9.98. The number of piperidine rings is 1. The van der Waals surface area contributed by atoms with Crippen molar-refractivity contribution in [2.24, 2.45) is 0 Å². The van der Waals surface area contributed by atoms with Crippen LogP contribution in [0.3, 0.4) is 0 Å². The molecule has 1 saturated heterocycles. The van der Waals surface area contributed by atoms with E-state index < -0.39 is 5.97 Å². The second-order valence-electron chi connectivity index (χ2n) is 4.45. The highest BCUT2D eigenvalue weighted by molar-refractivity contribution is 5.94. The van der Waals surface area contributed by atoms with Crippen LogP contribution in [-0.2, 0) is 0 Å². The van der Waals surface area contributed by atoms with Crippen molar-refractivity contribution in [2.45, 2.75) is 38.6 Å². The first-order valence-electron chi connectivity index (χ1n) is 6.18. The lowest BCUT2D eigenvalue weighted by molar-refractivity contribution is 0.0697. The van der Waals surface area contributed by atoms with Gasteiger partial charge < -0.3 is 10.0 Å². The van der Waals surface area contributed by atoms with Gasteiger partial charge in [-0.3, -0.25) is 4.98 Å². The average Bonchev–Trinajstić information content (AvgIpc) is 2.38. The maximum atomic E-state index is 11.2. The minimum absolute atomic E-state index is 0.313. The number of aromatic nitrogens is 1. The SMILES string of the molecule is CC[C@H]1CCCCN1c1ccncc1C(=O)O. The van der Waals surface area contributed by atoms with E-state index in [9.17, 15) is 9.90 Å². The summed E-state index contributed by atoms with van der Waals surface area (Å²) >= 11 is 0. The minimum Gasteiger partial charge on any atom is -0.478 e. The highest BCUT2D eigenvalue weighted by atomic mass is 16.4. The Hall–Kier alpha value is -1.58. The number of pyridine rings is 1. The van der Waals surface area contributed by atoms with Gasteiger partial charge in [0.1, 0.15) is 5.56 Å². The quantitative estimate of drug-likeness (QED) is 0.873. The molecule has 92 valence electrons. The number of rotatable bonds is 3. The van der Waals surface area contributed by atoms with Crippen LogP contribution in [0.5, 0.6) is 0 Å². The largest absolute Gasteiger partial charge is 0.478 e. The standard InChI is InChI=1S/C13H18N2O2/c1-2-10-5-3-4-8-15(10)12-6-7-14-9-11(12)13(16)17/h6-7,9-10H,2-5,8H2,1H3,(H,16,17)/t10-/m0/s1. The van der Waals surface area contributed by atoms with Crippen LogP contribution in [0.4, 0.5) is 5.69 Å². The number of carbonyl (C=O) groups is 1. The Morgan fingerprint density at radius 3 is 3.12 bits per heavy atom. The number of nitrogens with zero attached hydrogens (tertiary/aromatic N) is 2. The molecular formula is C13H18N2O2. The molecule has 1 aromatic rings. The molecule has 2 heterocycles. The zero-order valence-corrected chi connectivity index (χ0v) is 10.1. The summed E-state index contributed by atoms with van der Waals surface area (Å²) in [6, 6.07) is 2.28. The lowest BCUT2D eigenvalue weighted by Gasteiger charge is -2.37. The molecular weight excluding hydrogens is 216 g/mol. The molecule has 17 heavy (non-hydrogen) atoms. The fraction of sp³-hybridized carbons (Fsp3) is 0.538. The van der Waals surface area contributed by atoms with Gasteiger partial charge in [-0.25, -0.2) is 4.79 Å². The molecule has 0 radical (unpaired) electrons. The van der Waals surface area contributed by atoms with E-state index in [1.165, 1.54) is 12.6 Å². The van der Waals surface area contributed by atoms with E-state index in [-0.39, 0.29) is 0 Å². The van der Waals surface area contributed by atoms with Crippen LogP contribution in [0.15, 0.2) is 18.5 Å².